The van der Waals surface area contributed by atoms with E-state index in [1.54, 1.807) is 0 Å². The first-order valence-electron chi connectivity index (χ1n) is 11.4. The summed E-state index contributed by atoms with van der Waals surface area (Å²) in [6.07, 6.45) is 3.83. The van der Waals surface area contributed by atoms with E-state index in [2.05, 4.69) is 34.6 Å². The van der Waals surface area contributed by atoms with Gasteiger partial charge < -0.3 is 14.5 Å². The number of hydrogen-bond acceptors (Lipinski definition) is 4. The standard InChI is InChI=1S/C26H31N3O2/c1-2-11-27-13-15-28(16-14-27)22-8-9-23-24(18-22)21-10-12-29(25(23)17-21)26(30)31-19-20-6-4-3-5-7-20/h2-9,18,21,25H,1,10-17,19H2/t21-,25-/m1/s1. The molecule has 2 bridgehead atoms. The van der Waals surface area contributed by atoms with E-state index in [1.165, 1.54) is 16.8 Å². The molecule has 5 heteroatoms. The van der Waals surface area contributed by atoms with Gasteiger partial charge in [0.15, 0.2) is 0 Å². The SMILES string of the molecule is C=CCN1CCN(c2ccc3c(c2)[C@@H]2CCN(C(=O)OCc4ccccc4)[C@@H]3C2)CC1. The summed E-state index contributed by atoms with van der Waals surface area (Å²) in [6.45, 7) is 10.2. The van der Waals surface area contributed by atoms with Gasteiger partial charge in [-0.2, -0.15) is 0 Å². The first-order valence-corrected chi connectivity index (χ1v) is 11.4. The molecule has 2 heterocycles. The Morgan fingerprint density at radius 2 is 1.84 bits per heavy atom. The Morgan fingerprint density at radius 3 is 2.61 bits per heavy atom. The minimum absolute atomic E-state index is 0.149. The lowest BCUT2D eigenvalue weighted by atomic mass is 9.95. The van der Waals surface area contributed by atoms with Gasteiger partial charge in [-0.05, 0) is 47.6 Å². The lowest BCUT2D eigenvalue weighted by Crippen LogP contribution is -2.46. The zero-order valence-electron chi connectivity index (χ0n) is 18.1. The number of anilines is 1. The second-order valence-corrected chi connectivity index (χ2v) is 8.86. The molecule has 31 heavy (non-hydrogen) atoms. The van der Waals surface area contributed by atoms with E-state index in [0.29, 0.717) is 12.5 Å². The Morgan fingerprint density at radius 1 is 1.03 bits per heavy atom. The molecule has 2 aromatic carbocycles. The molecule has 2 aliphatic heterocycles. The summed E-state index contributed by atoms with van der Waals surface area (Å²) >= 11 is 0. The number of piperidine rings is 1. The third-order valence-corrected chi connectivity index (χ3v) is 7.04. The van der Waals surface area contributed by atoms with Crippen molar-refractivity contribution in [1.29, 1.82) is 0 Å². The minimum atomic E-state index is -0.192. The summed E-state index contributed by atoms with van der Waals surface area (Å²) in [4.78, 5) is 19.7. The Bertz CT molecular complexity index is 937. The molecule has 5 rings (SSSR count). The number of hydrogen-bond donors (Lipinski definition) is 0. The quantitative estimate of drug-likeness (QED) is 0.668. The number of benzene rings is 2. The number of carbonyl (C=O) groups is 1. The summed E-state index contributed by atoms with van der Waals surface area (Å²) in [5, 5.41) is 0. The first kappa shape index (κ1) is 20.1. The van der Waals surface area contributed by atoms with E-state index < -0.39 is 0 Å². The van der Waals surface area contributed by atoms with E-state index in [9.17, 15) is 4.79 Å². The van der Waals surface area contributed by atoms with Crippen molar-refractivity contribution < 1.29 is 9.53 Å². The van der Waals surface area contributed by atoms with Gasteiger partial charge in [-0.25, -0.2) is 4.79 Å². The summed E-state index contributed by atoms with van der Waals surface area (Å²) in [6, 6.07) is 16.9. The van der Waals surface area contributed by atoms with Crippen LogP contribution < -0.4 is 4.90 Å². The highest BCUT2D eigenvalue weighted by molar-refractivity contribution is 5.70. The van der Waals surface area contributed by atoms with Crippen molar-refractivity contribution >= 4 is 11.8 Å². The van der Waals surface area contributed by atoms with Crippen LogP contribution in [-0.4, -0.2) is 55.2 Å². The maximum absolute atomic E-state index is 12.9. The highest BCUT2D eigenvalue weighted by Gasteiger charge is 2.41. The van der Waals surface area contributed by atoms with Gasteiger partial charge in [-0.1, -0.05) is 42.5 Å². The molecule has 2 atom stereocenters. The Balaban J connectivity index is 1.26. The minimum Gasteiger partial charge on any atom is -0.445 e. The van der Waals surface area contributed by atoms with Gasteiger partial charge in [-0.15, -0.1) is 6.58 Å². The molecule has 0 N–H and O–H groups in total. The highest BCUT2D eigenvalue weighted by atomic mass is 16.6. The average Bonchev–Trinajstić information content (AvgIpc) is 3.10. The molecule has 0 unspecified atom stereocenters. The van der Waals surface area contributed by atoms with Crippen LogP contribution in [0.3, 0.4) is 0 Å². The summed E-state index contributed by atoms with van der Waals surface area (Å²) in [5.74, 6) is 0.556. The normalized spacial score (nSPS) is 22.8. The molecule has 2 fully saturated rings. The fraction of sp³-hybridized carbons (Fsp3) is 0.423. The van der Waals surface area contributed by atoms with Gasteiger partial charge in [0, 0.05) is 45.0 Å². The molecule has 1 amide bonds. The summed E-state index contributed by atoms with van der Waals surface area (Å²) in [5.41, 5.74) is 5.10. The van der Waals surface area contributed by atoms with Crippen molar-refractivity contribution in [1.82, 2.24) is 9.80 Å². The van der Waals surface area contributed by atoms with Gasteiger partial charge in [0.2, 0.25) is 0 Å². The maximum Gasteiger partial charge on any atom is 0.410 e. The van der Waals surface area contributed by atoms with Crippen LogP contribution in [0.1, 0.15) is 41.5 Å². The molecule has 162 valence electrons. The van der Waals surface area contributed by atoms with E-state index in [0.717, 1.165) is 57.7 Å². The number of nitrogens with zero attached hydrogens (tertiary/aromatic N) is 3. The second kappa shape index (κ2) is 8.75. The van der Waals surface area contributed by atoms with Crippen molar-refractivity contribution in [3.8, 4) is 0 Å². The third-order valence-electron chi connectivity index (χ3n) is 7.04. The maximum atomic E-state index is 12.9. The topological polar surface area (TPSA) is 36.0 Å². The van der Waals surface area contributed by atoms with Crippen molar-refractivity contribution in [2.75, 3.05) is 44.2 Å². The molecule has 2 aromatic rings. The molecule has 5 nitrogen and oxygen atoms in total. The molecule has 2 saturated heterocycles. The molecular weight excluding hydrogens is 386 g/mol. The predicted molar refractivity (Wildman–Crippen MR) is 123 cm³/mol. The lowest BCUT2D eigenvalue weighted by molar-refractivity contribution is 0.0694. The third kappa shape index (κ3) is 4.07. The van der Waals surface area contributed by atoms with Gasteiger partial charge in [0.1, 0.15) is 6.61 Å². The number of rotatable bonds is 5. The lowest BCUT2D eigenvalue weighted by Gasteiger charge is -2.36. The van der Waals surface area contributed by atoms with Gasteiger partial charge in [-0.3, -0.25) is 4.90 Å². The average molecular weight is 418 g/mol. The van der Waals surface area contributed by atoms with E-state index in [4.69, 9.17) is 4.74 Å². The van der Waals surface area contributed by atoms with Gasteiger partial charge in [0.05, 0.1) is 6.04 Å². The Kier molecular flexibility index (Phi) is 5.68. The number of piperazine rings is 1. The Labute approximate surface area is 184 Å². The highest BCUT2D eigenvalue weighted by Crippen LogP contribution is 2.50. The smallest absolute Gasteiger partial charge is 0.410 e. The molecule has 1 aliphatic carbocycles. The monoisotopic (exact) mass is 417 g/mol. The van der Waals surface area contributed by atoms with Crippen LogP contribution in [0, 0.1) is 0 Å². The summed E-state index contributed by atoms with van der Waals surface area (Å²) in [7, 11) is 0. The molecule has 0 radical (unpaired) electrons. The van der Waals surface area contributed by atoms with Crippen molar-refractivity contribution in [3.05, 3.63) is 77.9 Å². The molecule has 0 spiro atoms. The first-order chi connectivity index (χ1) is 15.2. The number of carbonyl (C=O) groups excluding carboxylic acids is 1. The van der Waals surface area contributed by atoms with Crippen LogP contribution in [0.2, 0.25) is 0 Å². The van der Waals surface area contributed by atoms with Crippen LogP contribution in [0.25, 0.3) is 0 Å². The zero-order chi connectivity index (χ0) is 21.2. The van der Waals surface area contributed by atoms with E-state index in [1.807, 2.05) is 41.3 Å². The molecular formula is C26H31N3O2. The largest absolute Gasteiger partial charge is 0.445 e. The van der Waals surface area contributed by atoms with Crippen molar-refractivity contribution in [2.24, 2.45) is 0 Å². The van der Waals surface area contributed by atoms with Crippen molar-refractivity contribution in [2.45, 2.75) is 31.4 Å². The summed E-state index contributed by atoms with van der Waals surface area (Å²) < 4.78 is 5.65. The number of amides is 1. The van der Waals surface area contributed by atoms with Crippen LogP contribution in [-0.2, 0) is 11.3 Å². The predicted octanol–water partition coefficient (Wildman–Crippen LogP) is 4.57. The zero-order valence-corrected chi connectivity index (χ0v) is 18.1. The molecule has 3 aliphatic rings. The Hall–Kier alpha value is -2.79. The number of ether oxygens (including phenoxy) is 1. The van der Waals surface area contributed by atoms with Crippen LogP contribution in [0.4, 0.5) is 10.5 Å². The van der Waals surface area contributed by atoms with Crippen LogP contribution in [0.5, 0.6) is 0 Å². The molecule has 0 saturated carbocycles. The van der Waals surface area contributed by atoms with Crippen LogP contribution >= 0.6 is 0 Å². The fourth-order valence-corrected chi connectivity index (χ4v) is 5.35. The van der Waals surface area contributed by atoms with E-state index in [-0.39, 0.29) is 12.1 Å². The van der Waals surface area contributed by atoms with Crippen molar-refractivity contribution in [3.63, 3.8) is 0 Å². The van der Waals surface area contributed by atoms with Gasteiger partial charge >= 0.3 is 6.09 Å². The molecule has 0 aromatic heterocycles. The number of likely N-dealkylation sites (tertiary alicyclic amines) is 1. The fourth-order valence-electron chi connectivity index (χ4n) is 5.35. The van der Waals surface area contributed by atoms with Gasteiger partial charge in [0.25, 0.3) is 0 Å². The second-order valence-electron chi connectivity index (χ2n) is 8.86. The number of fused-ring (bicyclic) bond motifs is 5. The van der Waals surface area contributed by atoms with E-state index >= 15 is 0 Å². The van der Waals surface area contributed by atoms with Crippen LogP contribution in [0.15, 0.2) is 61.2 Å².